The number of sulfonamides is 1. The monoisotopic (exact) mass is 484 g/mol. The maximum absolute atomic E-state index is 12.8. The highest BCUT2D eigenvalue weighted by molar-refractivity contribution is 7.92. The molecule has 3 rings (SSSR count). The van der Waals surface area contributed by atoms with Gasteiger partial charge in [-0.15, -0.1) is 0 Å². The lowest BCUT2D eigenvalue weighted by molar-refractivity contribution is -0.116. The van der Waals surface area contributed by atoms with Crippen LogP contribution in [0, 0.1) is 6.92 Å². The van der Waals surface area contributed by atoms with Crippen LogP contribution in [0.5, 0.6) is 17.2 Å². The van der Waals surface area contributed by atoms with E-state index in [4.69, 9.17) is 14.2 Å². The standard InChI is InChI=1S/C25H28N2O6S/c1-18-6-10-20(11-7-18)33-16-4-5-25(28)26-19-8-13-22(14-9-19)34(29,30)27-23-15-12-21(31-2)17-24(23)32-3/h6-15,17,27H,4-5,16H2,1-3H3,(H,26,28). The van der Waals surface area contributed by atoms with E-state index in [1.54, 1.807) is 30.3 Å². The van der Waals surface area contributed by atoms with E-state index >= 15 is 0 Å². The van der Waals surface area contributed by atoms with E-state index in [9.17, 15) is 13.2 Å². The largest absolute Gasteiger partial charge is 0.497 e. The highest BCUT2D eigenvalue weighted by Gasteiger charge is 2.17. The lowest BCUT2D eigenvalue weighted by atomic mass is 10.2. The Kier molecular flexibility index (Phi) is 8.37. The lowest BCUT2D eigenvalue weighted by Gasteiger charge is -2.13. The molecule has 0 bridgehead atoms. The van der Waals surface area contributed by atoms with Gasteiger partial charge in [-0.05, 0) is 61.9 Å². The molecule has 0 spiro atoms. The van der Waals surface area contributed by atoms with E-state index in [0.717, 1.165) is 11.3 Å². The molecule has 0 aliphatic rings. The molecule has 3 aromatic carbocycles. The third kappa shape index (κ3) is 6.89. The van der Waals surface area contributed by atoms with Gasteiger partial charge in [0.25, 0.3) is 10.0 Å². The molecule has 0 atom stereocenters. The molecule has 0 aliphatic heterocycles. The summed E-state index contributed by atoms with van der Waals surface area (Å²) in [5.74, 6) is 1.47. The summed E-state index contributed by atoms with van der Waals surface area (Å²) in [5, 5.41) is 2.76. The summed E-state index contributed by atoms with van der Waals surface area (Å²) < 4.78 is 44.0. The first-order chi connectivity index (χ1) is 16.3. The van der Waals surface area contributed by atoms with Crippen molar-refractivity contribution in [1.29, 1.82) is 0 Å². The Morgan fingerprint density at radius 1 is 0.882 bits per heavy atom. The SMILES string of the molecule is COc1ccc(NS(=O)(=O)c2ccc(NC(=O)CCCOc3ccc(C)cc3)cc2)c(OC)c1. The van der Waals surface area contributed by atoms with Crippen molar-refractivity contribution in [3.8, 4) is 17.2 Å². The van der Waals surface area contributed by atoms with Crippen LogP contribution in [0.1, 0.15) is 18.4 Å². The molecule has 0 radical (unpaired) electrons. The van der Waals surface area contributed by atoms with Gasteiger partial charge in [0, 0.05) is 18.2 Å². The molecule has 0 fully saturated rings. The summed E-state index contributed by atoms with van der Waals surface area (Å²) in [6.07, 6.45) is 0.838. The van der Waals surface area contributed by atoms with Crippen molar-refractivity contribution in [3.63, 3.8) is 0 Å². The zero-order valence-electron chi connectivity index (χ0n) is 19.3. The van der Waals surface area contributed by atoms with Crippen molar-refractivity contribution in [2.75, 3.05) is 30.9 Å². The van der Waals surface area contributed by atoms with Gasteiger partial charge in [-0.1, -0.05) is 17.7 Å². The third-order valence-corrected chi connectivity index (χ3v) is 6.32. The number of anilines is 2. The van der Waals surface area contributed by atoms with E-state index in [0.29, 0.717) is 30.2 Å². The predicted octanol–water partition coefficient (Wildman–Crippen LogP) is 4.61. The second-order valence-corrected chi connectivity index (χ2v) is 9.19. The summed E-state index contributed by atoms with van der Waals surface area (Å²) in [6.45, 7) is 2.43. The predicted molar refractivity (Wildman–Crippen MR) is 131 cm³/mol. The molecule has 180 valence electrons. The first-order valence-electron chi connectivity index (χ1n) is 10.6. The molecule has 0 aliphatic carbocycles. The molecule has 1 amide bonds. The van der Waals surface area contributed by atoms with Crippen molar-refractivity contribution in [2.45, 2.75) is 24.7 Å². The van der Waals surface area contributed by atoms with Crippen molar-refractivity contribution < 1.29 is 27.4 Å². The van der Waals surface area contributed by atoms with Crippen LogP contribution in [-0.4, -0.2) is 35.2 Å². The zero-order chi connectivity index (χ0) is 24.6. The molecule has 34 heavy (non-hydrogen) atoms. The van der Waals surface area contributed by atoms with Gasteiger partial charge in [0.05, 0.1) is 31.4 Å². The fraction of sp³-hybridized carbons (Fsp3) is 0.240. The van der Waals surface area contributed by atoms with Gasteiger partial charge >= 0.3 is 0 Å². The van der Waals surface area contributed by atoms with E-state index in [2.05, 4.69) is 10.0 Å². The Morgan fingerprint density at radius 2 is 1.56 bits per heavy atom. The minimum Gasteiger partial charge on any atom is -0.497 e. The van der Waals surface area contributed by atoms with Crippen LogP contribution >= 0.6 is 0 Å². The molecule has 0 saturated heterocycles. The number of carbonyl (C=O) groups excluding carboxylic acids is 1. The molecule has 3 aromatic rings. The smallest absolute Gasteiger partial charge is 0.262 e. The Bertz CT molecular complexity index is 1210. The Labute approximate surface area is 199 Å². The normalized spacial score (nSPS) is 10.9. The van der Waals surface area contributed by atoms with Crippen molar-refractivity contribution in [3.05, 3.63) is 72.3 Å². The van der Waals surface area contributed by atoms with Crippen molar-refractivity contribution >= 4 is 27.3 Å². The van der Waals surface area contributed by atoms with E-state index in [1.165, 1.54) is 26.4 Å². The summed E-state index contributed by atoms with van der Waals surface area (Å²) in [4.78, 5) is 12.2. The number of rotatable bonds is 11. The highest BCUT2D eigenvalue weighted by atomic mass is 32.2. The number of nitrogens with one attached hydrogen (secondary N) is 2. The Morgan fingerprint density at radius 3 is 2.21 bits per heavy atom. The molecule has 8 nitrogen and oxygen atoms in total. The number of hydrogen-bond acceptors (Lipinski definition) is 6. The number of ether oxygens (including phenoxy) is 3. The molecule has 9 heteroatoms. The van der Waals surface area contributed by atoms with Crippen LogP contribution in [0.4, 0.5) is 11.4 Å². The number of aryl methyl sites for hydroxylation is 1. The number of carbonyl (C=O) groups is 1. The minimum absolute atomic E-state index is 0.0508. The fourth-order valence-electron chi connectivity index (χ4n) is 3.08. The van der Waals surface area contributed by atoms with Crippen molar-refractivity contribution in [1.82, 2.24) is 0 Å². The van der Waals surface area contributed by atoms with Crippen LogP contribution in [0.15, 0.2) is 71.6 Å². The number of amides is 1. The summed E-state index contributed by atoms with van der Waals surface area (Å²) >= 11 is 0. The van der Waals surface area contributed by atoms with Crippen LogP contribution in [0.2, 0.25) is 0 Å². The maximum Gasteiger partial charge on any atom is 0.262 e. The number of hydrogen-bond donors (Lipinski definition) is 2. The van der Waals surface area contributed by atoms with E-state index in [1.807, 2.05) is 31.2 Å². The van der Waals surface area contributed by atoms with Gasteiger partial charge in [0.2, 0.25) is 5.91 Å². The van der Waals surface area contributed by atoms with E-state index in [-0.39, 0.29) is 22.9 Å². The van der Waals surface area contributed by atoms with Gasteiger partial charge < -0.3 is 19.5 Å². The van der Waals surface area contributed by atoms with Gasteiger partial charge in [-0.3, -0.25) is 9.52 Å². The molecule has 2 N–H and O–H groups in total. The second kappa shape index (κ2) is 11.4. The highest BCUT2D eigenvalue weighted by Crippen LogP contribution is 2.31. The fourth-order valence-corrected chi connectivity index (χ4v) is 4.16. The molecule has 0 heterocycles. The third-order valence-electron chi connectivity index (χ3n) is 4.94. The summed E-state index contributed by atoms with van der Waals surface area (Å²) in [7, 11) is -0.902. The quantitative estimate of drug-likeness (QED) is 0.385. The first kappa shape index (κ1) is 24.9. The molecule has 0 unspecified atom stereocenters. The molecule has 0 aromatic heterocycles. The van der Waals surface area contributed by atoms with Crippen LogP contribution in [0.25, 0.3) is 0 Å². The molecular formula is C25H28N2O6S. The number of benzene rings is 3. The average molecular weight is 485 g/mol. The minimum atomic E-state index is -3.86. The topological polar surface area (TPSA) is 103 Å². The van der Waals surface area contributed by atoms with Crippen LogP contribution in [0.3, 0.4) is 0 Å². The Hall–Kier alpha value is -3.72. The van der Waals surface area contributed by atoms with Crippen molar-refractivity contribution in [2.24, 2.45) is 0 Å². The van der Waals surface area contributed by atoms with Gasteiger partial charge in [0.1, 0.15) is 17.2 Å². The van der Waals surface area contributed by atoms with E-state index < -0.39 is 10.0 Å². The number of methoxy groups -OCH3 is 2. The first-order valence-corrected chi connectivity index (χ1v) is 12.1. The second-order valence-electron chi connectivity index (χ2n) is 7.51. The summed E-state index contributed by atoms with van der Waals surface area (Å²) in [5.41, 5.74) is 1.95. The van der Waals surface area contributed by atoms with Crippen LogP contribution < -0.4 is 24.2 Å². The average Bonchev–Trinajstić information content (AvgIpc) is 2.83. The molecular weight excluding hydrogens is 456 g/mol. The zero-order valence-corrected chi connectivity index (χ0v) is 20.1. The van der Waals surface area contributed by atoms with Gasteiger partial charge in [-0.2, -0.15) is 0 Å². The Balaban J connectivity index is 1.52. The van der Waals surface area contributed by atoms with Crippen LogP contribution in [-0.2, 0) is 14.8 Å². The lowest BCUT2D eigenvalue weighted by Crippen LogP contribution is -2.15. The summed E-state index contributed by atoms with van der Waals surface area (Å²) in [6, 6.07) is 18.4. The van der Waals surface area contributed by atoms with Gasteiger partial charge in [-0.25, -0.2) is 8.42 Å². The maximum atomic E-state index is 12.8. The van der Waals surface area contributed by atoms with Gasteiger partial charge in [0.15, 0.2) is 0 Å². The molecule has 0 saturated carbocycles.